The number of benzene rings is 2. The summed E-state index contributed by atoms with van der Waals surface area (Å²) < 4.78 is 21.0. The van der Waals surface area contributed by atoms with E-state index in [0.29, 0.717) is 5.56 Å². The maximum atomic E-state index is 13.9. The molecule has 0 bridgehead atoms. The summed E-state index contributed by atoms with van der Waals surface area (Å²) in [7, 11) is -2.15. The molecule has 1 atom stereocenters. The monoisotopic (exact) mass is 496 g/mol. The number of carboxylic acid groups (broad SMARTS) is 1. The molecular weight excluding hydrogens is 455 g/mol. The Labute approximate surface area is 211 Å². The predicted molar refractivity (Wildman–Crippen MR) is 143 cm³/mol. The van der Waals surface area contributed by atoms with Crippen LogP contribution in [0, 0.1) is 11.2 Å². The number of aromatic carboxylic acids is 1. The van der Waals surface area contributed by atoms with E-state index < -0.39 is 14.3 Å². The summed E-state index contributed by atoms with van der Waals surface area (Å²) in [5.74, 6) is -0.957. The minimum atomic E-state index is -2.15. The molecule has 1 saturated carbocycles. The van der Waals surface area contributed by atoms with Gasteiger partial charge in [-0.2, -0.15) is 0 Å². The van der Waals surface area contributed by atoms with E-state index in [1.54, 1.807) is 12.1 Å². The molecule has 2 aromatic rings. The van der Waals surface area contributed by atoms with Crippen LogP contribution in [0.4, 0.5) is 4.39 Å². The number of carbonyl (C=O) groups is 1. The summed E-state index contributed by atoms with van der Waals surface area (Å²) in [6, 6.07) is 8.54. The minimum Gasteiger partial charge on any atom is -0.478 e. The zero-order valence-electron chi connectivity index (χ0n) is 22.4. The zero-order valence-corrected chi connectivity index (χ0v) is 23.4. The van der Waals surface area contributed by atoms with Gasteiger partial charge in [0, 0.05) is 5.56 Å². The van der Waals surface area contributed by atoms with Crippen LogP contribution in [0.2, 0.25) is 18.1 Å². The number of carboxylic acids is 1. The van der Waals surface area contributed by atoms with Crippen LogP contribution < -0.4 is 0 Å². The van der Waals surface area contributed by atoms with E-state index in [1.165, 1.54) is 17.7 Å². The second kappa shape index (κ2) is 9.15. The second-order valence-corrected chi connectivity index (χ2v) is 17.8. The molecule has 1 fully saturated rings. The fourth-order valence-electron chi connectivity index (χ4n) is 5.82. The smallest absolute Gasteiger partial charge is 0.336 e. The van der Waals surface area contributed by atoms with E-state index in [-0.39, 0.29) is 28.3 Å². The number of halogens is 1. The summed E-state index contributed by atoms with van der Waals surface area (Å²) in [5, 5.41) is 10.6. The Balaban J connectivity index is 2.03. The van der Waals surface area contributed by atoms with E-state index in [2.05, 4.69) is 53.8 Å². The van der Waals surface area contributed by atoms with Crippen LogP contribution >= 0.6 is 0 Å². The maximum Gasteiger partial charge on any atom is 0.336 e. The van der Waals surface area contributed by atoms with Gasteiger partial charge in [-0.1, -0.05) is 65.7 Å². The first-order chi connectivity index (χ1) is 16.2. The van der Waals surface area contributed by atoms with Gasteiger partial charge >= 0.3 is 5.97 Å². The number of rotatable bonds is 5. The Morgan fingerprint density at radius 1 is 1.11 bits per heavy atom. The molecule has 0 heterocycles. The van der Waals surface area contributed by atoms with Gasteiger partial charge in [-0.15, -0.1) is 0 Å². The molecule has 2 aromatic carbocycles. The van der Waals surface area contributed by atoms with Gasteiger partial charge < -0.3 is 9.53 Å². The molecule has 35 heavy (non-hydrogen) atoms. The fourth-order valence-corrected chi connectivity index (χ4v) is 7.09. The van der Waals surface area contributed by atoms with Crippen molar-refractivity contribution < 1.29 is 18.7 Å². The first-order valence-corrected chi connectivity index (χ1v) is 16.0. The molecule has 4 rings (SSSR count). The molecule has 0 unspecified atom stereocenters. The van der Waals surface area contributed by atoms with Crippen LogP contribution in [0.3, 0.4) is 0 Å². The first kappa shape index (κ1) is 26.1. The van der Waals surface area contributed by atoms with Gasteiger partial charge in [0.1, 0.15) is 5.82 Å². The van der Waals surface area contributed by atoms with Crippen molar-refractivity contribution in [1.82, 2.24) is 0 Å². The van der Waals surface area contributed by atoms with Crippen molar-refractivity contribution in [2.24, 2.45) is 5.41 Å². The Bertz CT molecular complexity index is 1110. The van der Waals surface area contributed by atoms with Crippen molar-refractivity contribution in [2.75, 3.05) is 0 Å². The van der Waals surface area contributed by atoms with Crippen LogP contribution in [0.25, 0.3) is 11.1 Å². The van der Waals surface area contributed by atoms with E-state index in [0.717, 1.165) is 60.8 Å². The van der Waals surface area contributed by atoms with Gasteiger partial charge in [0.05, 0.1) is 11.7 Å². The highest BCUT2D eigenvalue weighted by molar-refractivity contribution is 6.74. The predicted octanol–water partition coefficient (Wildman–Crippen LogP) is 8.88. The number of fused-ring (bicyclic) bond motifs is 1. The normalized spacial score (nSPS) is 20.6. The van der Waals surface area contributed by atoms with Gasteiger partial charge in [-0.25, -0.2) is 9.18 Å². The van der Waals surface area contributed by atoms with E-state index in [9.17, 15) is 14.3 Å². The summed E-state index contributed by atoms with van der Waals surface area (Å²) in [5.41, 5.74) is 5.12. The number of hydrogen-bond donors (Lipinski definition) is 1. The lowest BCUT2D eigenvalue weighted by atomic mass is 9.69. The van der Waals surface area contributed by atoms with Gasteiger partial charge in [-0.3, -0.25) is 0 Å². The molecule has 0 spiro atoms. The molecule has 0 radical (unpaired) electrons. The molecule has 0 saturated heterocycles. The average molecular weight is 497 g/mol. The molecule has 0 amide bonds. The third-order valence-electron chi connectivity index (χ3n) is 8.60. The highest BCUT2D eigenvalue weighted by atomic mass is 28.4. The van der Waals surface area contributed by atoms with Gasteiger partial charge in [-0.05, 0) is 89.5 Å². The average Bonchev–Trinajstić information content (AvgIpc) is 3.25. The van der Waals surface area contributed by atoms with Gasteiger partial charge in [0.25, 0.3) is 0 Å². The van der Waals surface area contributed by atoms with Crippen molar-refractivity contribution >= 4 is 14.3 Å². The van der Waals surface area contributed by atoms with Crippen LogP contribution in [0.15, 0.2) is 30.3 Å². The summed E-state index contributed by atoms with van der Waals surface area (Å²) >= 11 is 0. The first-order valence-electron chi connectivity index (χ1n) is 13.1. The maximum absolute atomic E-state index is 13.9. The van der Waals surface area contributed by atoms with Crippen LogP contribution in [0.1, 0.15) is 106 Å². The summed E-state index contributed by atoms with van der Waals surface area (Å²) in [6.45, 7) is 15.8. The molecule has 2 aliphatic rings. The molecule has 1 N–H and O–H groups in total. The number of hydrogen-bond acceptors (Lipinski definition) is 2. The van der Waals surface area contributed by atoms with Gasteiger partial charge in [0.15, 0.2) is 8.32 Å². The lowest BCUT2D eigenvalue weighted by molar-refractivity contribution is 0.0695. The SMILES string of the molecule is CC1(C)Cc2cc(C3CCCC3)c(C(=O)O)c(-c3ccc(F)cc3)c2[C@@H](O[Si](C)(C)C(C)(C)C)C1. The van der Waals surface area contributed by atoms with Crippen LogP contribution in [0.5, 0.6) is 0 Å². The highest BCUT2D eigenvalue weighted by Gasteiger charge is 2.44. The minimum absolute atomic E-state index is 0.0320. The quantitative estimate of drug-likeness (QED) is 0.420. The third kappa shape index (κ3) is 5.13. The molecule has 3 nitrogen and oxygen atoms in total. The highest BCUT2D eigenvalue weighted by Crippen LogP contribution is 2.52. The molecule has 5 heteroatoms. The topological polar surface area (TPSA) is 46.5 Å². The van der Waals surface area contributed by atoms with E-state index in [4.69, 9.17) is 4.43 Å². The lowest BCUT2D eigenvalue weighted by Gasteiger charge is -2.45. The van der Waals surface area contributed by atoms with E-state index in [1.807, 2.05) is 0 Å². The molecule has 0 aliphatic heterocycles. The fraction of sp³-hybridized carbons (Fsp3) is 0.567. The second-order valence-electron chi connectivity index (χ2n) is 13.0. The van der Waals surface area contributed by atoms with Crippen molar-refractivity contribution in [3.05, 3.63) is 58.4 Å². The lowest BCUT2D eigenvalue weighted by Crippen LogP contribution is -2.43. The molecule has 2 aliphatic carbocycles. The molecule has 0 aromatic heterocycles. The van der Waals surface area contributed by atoms with E-state index >= 15 is 0 Å². The van der Waals surface area contributed by atoms with Crippen LogP contribution in [-0.4, -0.2) is 19.4 Å². The zero-order chi connectivity index (χ0) is 25.8. The van der Waals surface area contributed by atoms with Crippen molar-refractivity contribution in [1.29, 1.82) is 0 Å². The Kier molecular flexibility index (Phi) is 6.82. The van der Waals surface area contributed by atoms with Crippen LogP contribution in [-0.2, 0) is 10.8 Å². The molecular formula is C30H41FO3Si. The van der Waals surface area contributed by atoms with Gasteiger partial charge in [0.2, 0.25) is 0 Å². The van der Waals surface area contributed by atoms with Crippen molar-refractivity contribution in [3.8, 4) is 11.1 Å². The Morgan fingerprint density at radius 2 is 1.71 bits per heavy atom. The van der Waals surface area contributed by atoms with Crippen molar-refractivity contribution in [2.45, 2.75) is 103 Å². The van der Waals surface area contributed by atoms with Crippen molar-refractivity contribution in [3.63, 3.8) is 0 Å². The summed E-state index contributed by atoms with van der Waals surface area (Å²) in [4.78, 5) is 12.9. The molecule has 190 valence electrons. The summed E-state index contributed by atoms with van der Waals surface area (Å²) in [6.07, 6.45) is 5.84. The Hall–Kier alpha value is -1.98. The standard InChI is InChI=1S/C30H41FO3Si/c1-29(2,3)35(6,7)34-24-18-30(4,5)17-21-16-23(19-10-8-9-11-19)27(28(32)33)26(25(21)24)20-12-14-22(31)15-13-20/h12-16,19,24H,8-11,17-18H2,1-7H3,(H,32,33)/t24-/m0/s1. The largest absolute Gasteiger partial charge is 0.478 e. The Morgan fingerprint density at radius 3 is 2.26 bits per heavy atom. The third-order valence-corrected chi connectivity index (χ3v) is 13.1.